The number of hydrogen-bond donors (Lipinski definition) is 3. The Labute approximate surface area is 203 Å². The van der Waals surface area contributed by atoms with Crippen LogP contribution in [-0.2, 0) is 22.0 Å². The number of guanidine groups is 1. The minimum atomic E-state index is -3.62. The summed E-state index contributed by atoms with van der Waals surface area (Å²) in [6, 6.07) is 17.6. The summed E-state index contributed by atoms with van der Waals surface area (Å²) >= 11 is 0. The molecule has 0 spiro atoms. The third-order valence-corrected chi connectivity index (χ3v) is 7.06. The van der Waals surface area contributed by atoms with Crippen LogP contribution >= 0.6 is 24.0 Å². The van der Waals surface area contributed by atoms with Crippen molar-refractivity contribution in [3.63, 3.8) is 0 Å². The number of hydrogen-bond acceptors (Lipinski definition) is 3. The van der Waals surface area contributed by atoms with E-state index in [-0.39, 0.29) is 34.3 Å². The smallest absolute Gasteiger partial charge is 0.241 e. The molecular formula is C23H33IN4O2S. The molecule has 3 N–H and O–H groups in total. The molecule has 3 rings (SSSR count). The molecule has 2 aromatic carbocycles. The van der Waals surface area contributed by atoms with Crippen LogP contribution in [0.2, 0.25) is 0 Å². The lowest BCUT2D eigenvalue weighted by molar-refractivity contribution is 0.491. The fourth-order valence-electron chi connectivity index (χ4n) is 3.53. The minimum absolute atomic E-state index is 0. The van der Waals surface area contributed by atoms with Crippen LogP contribution in [0.25, 0.3) is 0 Å². The van der Waals surface area contributed by atoms with Crippen LogP contribution < -0.4 is 15.4 Å². The Hall–Kier alpha value is -1.65. The molecule has 1 saturated carbocycles. The van der Waals surface area contributed by atoms with Gasteiger partial charge in [-0.2, -0.15) is 0 Å². The Morgan fingerprint density at radius 1 is 1.00 bits per heavy atom. The van der Waals surface area contributed by atoms with E-state index in [0.717, 1.165) is 19.4 Å². The zero-order valence-electron chi connectivity index (χ0n) is 18.6. The summed E-state index contributed by atoms with van der Waals surface area (Å²) in [7, 11) is -1.89. The van der Waals surface area contributed by atoms with Crippen LogP contribution in [0.15, 0.2) is 64.5 Å². The molecule has 0 atom stereocenters. The second kappa shape index (κ2) is 10.3. The van der Waals surface area contributed by atoms with Crippen LogP contribution in [0.5, 0.6) is 0 Å². The first-order chi connectivity index (χ1) is 14.2. The standard InChI is InChI=1S/C23H32N4O2S.HI/c1-22(2,3)27-30(28,29)20-13-9-8-10-18(20)16-25-21(24-4)26-17-23(14-15-23)19-11-6-5-7-12-19;/h5-13,27H,14-17H2,1-4H3,(H2,24,25,26);1H. The number of benzene rings is 2. The summed E-state index contributed by atoms with van der Waals surface area (Å²) in [5.41, 5.74) is 1.66. The zero-order chi connectivity index (χ0) is 21.8. The highest BCUT2D eigenvalue weighted by Gasteiger charge is 2.44. The van der Waals surface area contributed by atoms with Crippen molar-refractivity contribution in [1.29, 1.82) is 0 Å². The molecule has 0 aromatic heterocycles. The quantitative estimate of drug-likeness (QED) is 0.276. The van der Waals surface area contributed by atoms with Gasteiger partial charge in [0.05, 0.1) is 4.90 Å². The van der Waals surface area contributed by atoms with Gasteiger partial charge in [0, 0.05) is 31.1 Å². The van der Waals surface area contributed by atoms with Gasteiger partial charge in [-0.05, 0) is 50.8 Å². The predicted molar refractivity (Wildman–Crippen MR) is 137 cm³/mol. The molecule has 0 radical (unpaired) electrons. The van der Waals surface area contributed by atoms with Gasteiger partial charge in [-0.25, -0.2) is 13.1 Å². The van der Waals surface area contributed by atoms with E-state index in [4.69, 9.17) is 0 Å². The third-order valence-electron chi connectivity index (χ3n) is 5.21. The molecule has 1 fully saturated rings. The Morgan fingerprint density at radius 3 is 2.19 bits per heavy atom. The molecule has 2 aromatic rings. The molecule has 31 heavy (non-hydrogen) atoms. The first-order valence-corrected chi connectivity index (χ1v) is 11.8. The van der Waals surface area contributed by atoms with Gasteiger partial charge in [-0.1, -0.05) is 48.5 Å². The van der Waals surface area contributed by atoms with E-state index in [1.54, 1.807) is 19.2 Å². The SMILES string of the molecule is CN=C(NCc1ccccc1S(=O)(=O)NC(C)(C)C)NCC1(c2ccccc2)CC1.I. The van der Waals surface area contributed by atoms with Gasteiger partial charge in [-0.3, -0.25) is 4.99 Å². The van der Waals surface area contributed by atoms with Gasteiger partial charge in [-0.15, -0.1) is 24.0 Å². The number of rotatable bonds is 7. The monoisotopic (exact) mass is 556 g/mol. The number of nitrogens with zero attached hydrogens (tertiary/aromatic N) is 1. The topological polar surface area (TPSA) is 82.6 Å². The van der Waals surface area contributed by atoms with Gasteiger partial charge in [0.25, 0.3) is 0 Å². The lowest BCUT2D eigenvalue weighted by atomic mass is 9.96. The average molecular weight is 557 g/mol. The van der Waals surface area contributed by atoms with Crippen LogP contribution in [-0.4, -0.2) is 33.5 Å². The van der Waals surface area contributed by atoms with Crippen molar-refractivity contribution < 1.29 is 8.42 Å². The third kappa shape index (κ3) is 6.92. The van der Waals surface area contributed by atoms with Crippen LogP contribution in [0.1, 0.15) is 44.7 Å². The summed E-state index contributed by atoms with van der Waals surface area (Å²) in [6.45, 7) is 6.65. The molecule has 0 aliphatic heterocycles. The fraction of sp³-hybridized carbons (Fsp3) is 0.435. The molecule has 1 aliphatic carbocycles. The Balaban J connectivity index is 0.00000341. The first kappa shape index (κ1) is 25.6. The van der Waals surface area contributed by atoms with Crippen molar-refractivity contribution >= 4 is 40.0 Å². The van der Waals surface area contributed by atoms with Gasteiger partial charge in [0.1, 0.15) is 0 Å². The van der Waals surface area contributed by atoms with Gasteiger partial charge < -0.3 is 10.6 Å². The normalized spacial score (nSPS) is 15.7. The second-order valence-corrected chi connectivity index (χ2v) is 10.5. The Bertz CT molecular complexity index is 998. The van der Waals surface area contributed by atoms with Crippen LogP contribution in [0, 0.1) is 0 Å². The lowest BCUT2D eigenvalue weighted by Crippen LogP contribution is -2.42. The van der Waals surface area contributed by atoms with E-state index in [0.29, 0.717) is 18.1 Å². The van der Waals surface area contributed by atoms with E-state index >= 15 is 0 Å². The number of sulfonamides is 1. The highest BCUT2D eigenvalue weighted by molar-refractivity contribution is 14.0. The molecule has 1 aliphatic rings. The van der Waals surface area contributed by atoms with Crippen molar-refractivity contribution in [2.45, 2.75) is 56.0 Å². The van der Waals surface area contributed by atoms with Gasteiger partial charge >= 0.3 is 0 Å². The van der Waals surface area contributed by atoms with Crippen LogP contribution in [0.4, 0.5) is 0 Å². The maximum atomic E-state index is 12.8. The molecule has 0 heterocycles. The summed E-state index contributed by atoms with van der Waals surface area (Å²) in [4.78, 5) is 4.59. The molecule has 0 amide bonds. The van der Waals surface area contributed by atoms with E-state index in [1.807, 2.05) is 39.0 Å². The molecule has 8 heteroatoms. The van der Waals surface area contributed by atoms with Gasteiger partial charge in [0.15, 0.2) is 5.96 Å². The minimum Gasteiger partial charge on any atom is -0.356 e. The summed E-state index contributed by atoms with van der Waals surface area (Å²) < 4.78 is 28.4. The number of halogens is 1. The van der Waals surface area contributed by atoms with Crippen molar-refractivity contribution in [1.82, 2.24) is 15.4 Å². The first-order valence-electron chi connectivity index (χ1n) is 10.3. The van der Waals surface area contributed by atoms with Crippen LogP contribution in [0.3, 0.4) is 0 Å². The average Bonchev–Trinajstić information content (AvgIpc) is 3.48. The van der Waals surface area contributed by atoms with Crippen molar-refractivity contribution in [3.05, 3.63) is 65.7 Å². The molecule has 0 bridgehead atoms. The molecule has 6 nitrogen and oxygen atoms in total. The molecule has 0 saturated heterocycles. The van der Waals surface area contributed by atoms with E-state index in [1.165, 1.54) is 5.56 Å². The zero-order valence-corrected chi connectivity index (χ0v) is 21.8. The van der Waals surface area contributed by atoms with Crippen molar-refractivity contribution in [2.75, 3.05) is 13.6 Å². The van der Waals surface area contributed by atoms with Crippen molar-refractivity contribution in [2.24, 2.45) is 4.99 Å². The lowest BCUT2D eigenvalue weighted by Gasteiger charge is -2.22. The number of nitrogens with one attached hydrogen (secondary N) is 3. The Morgan fingerprint density at radius 2 is 1.61 bits per heavy atom. The van der Waals surface area contributed by atoms with Gasteiger partial charge in [0.2, 0.25) is 10.0 Å². The maximum Gasteiger partial charge on any atom is 0.241 e. The van der Waals surface area contributed by atoms with E-state index in [9.17, 15) is 8.42 Å². The molecule has 0 unspecified atom stereocenters. The number of aliphatic imine (C=N–C) groups is 1. The summed E-state index contributed by atoms with van der Waals surface area (Å²) in [5.74, 6) is 0.660. The highest BCUT2D eigenvalue weighted by Crippen LogP contribution is 2.47. The van der Waals surface area contributed by atoms with E-state index < -0.39 is 15.6 Å². The molecule has 170 valence electrons. The summed E-state index contributed by atoms with van der Waals surface area (Å²) in [5, 5.41) is 6.67. The maximum absolute atomic E-state index is 12.8. The largest absolute Gasteiger partial charge is 0.356 e. The van der Waals surface area contributed by atoms with E-state index in [2.05, 4.69) is 44.6 Å². The predicted octanol–water partition coefficient (Wildman–Crippen LogP) is 3.78. The second-order valence-electron chi connectivity index (χ2n) is 8.89. The van der Waals surface area contributed by atoms with Crippen molar-refractivity contribution in [3.8, 4) is 0 Å². The highest BCUT2D eigenvalue weighted by atomic mass is 127. The summed E-state index contributed by atoms with van der Waals surface area (Å²) in [6.07, 6.45) is 2.31. The fourth-order valence-corrected chi connectivity index (χ4v) is 5.19. The molecular weight excluding hydrogens is 523 g/mol. The Kier molecular flexibility index (Phi) is 8.52.